The van der Waals surface area contributed by atoms with Crippen LogP contribution in [-0.4, -0.2) is 77.2 Å². The Kier molecular flexibility index (Phi) is 8.42. The monoisotopic (exact) mass is 471 g/mol. The van der Waals surface area contributed by atoms with Crippen molar-refractivity contribution in [3.05, 3.63) is 53.2 Å². The quantitative estimate of drug-likeness (QED) is 0.344. The van der Waals surface area contributed by atoms with Crippen molar-refractivity contribution in [1.29, 1.82) is 0 Å². The van der Waals surface area contributed by atoms with Gasteiger partial charge in [-0.05, 0) is 24.8 Å². The number of amides is 1. The minimum absolute atomic E-state index is 0.137. The second kappa shape index (κ2) is 11.7. The second-order valence-corrected chi connectivity index (χ2v) is 9.49. The van der Waals surface area contributed by atoms with Gasteiger partial charge in [0, 0.05) is 51.9 Å². The van der Waals surface area contributed by atoms with Gasteiger partial charge in [-0.25, -0.2) is 9.97 Å². The molecule has 6 nitrogen and oxygen atoms in total. The molecule has 2 aromatic rings. The molecule has 0 atom stereocenters. The highest BCUT2D eigenvalue weighted by molar-refractivity contribution is 7.99. The maximum absolute atomic E-state index is 12.7. The summed E-state index contributed by atoms with van der Waals surface area (Å²) in [6.45, 7) is 6.20. The summed E-state index contributed by atoms with van der Waals surface area (Å²) < 4.78 is 0. The Morgan fingerprint density at radius 2 is 1.75 bits per heavy atom. The molecule has 1 aromatic heterocycles. The number of rotatable bonds is 7. The number of hydrogen-bond donors (Lipinski definition) is 0. The lowest BCUT2D eigenvalue weighted by Gasteiger charge is -2.34. The van der Waals surface area contributed by atoms with Gasteiger partial charge in [0.15, 0.2) is 5.16 Å². The van der Waals surface area contributed by atoms with Crippen LogP contribution in [0.3, 0.4) is 0 Å². The van der Waals surface area contributed by atoms with Gasteiger partial charge < -0.3 is 9.80 Å². The SMILES string of the molecule is O=C(CSc1nc(Cl)cc(N2CCCCC2)n1)N1CCN(C/C=C/c2ccccc2)CC1. The van der Waals surface area contributed by atoms with Gasteiger partial charge in [0.1, 0.15) is 11.0 Å². The van der Waals surface area contributed by atoms with E-state index in [9.17, 15) is 4.79 Å². The molecule has 0 radical (unpaired) electrons. The molecule has 8 heteroatoms. The van der Waals surface area contributed by atoms with E-state index >= 15 is 0 Å². The molecule has 2 fully saturated rings. The van der Waals surface area contributed by atoms with Crippen LogP contribution in [0.15, 0.2) is 47.6 Å². The van der Waals surface area contributed by atoms with Crippen LogP contribution in [0.4, 0.5) is 5.82 Å². The lowest BCUT2D eigenvalue weighted by molar-refractivity contribution is -0.130. The molecule has 2 saturated heterocycles. The van der Waals surface area contributed by atoms with Gasteiger partial charge >= 0.3 is 0 Å². The Bertz CT molecular complexity index is 912. The summed E-state index contributed by atoms with van der Waals surface area (Å²) in [5, 5.41) is 1.02. The number of hydrogen-bond acceptors (Lipinski definition) is 6. The molecule has 1 amide bonds. The fourth-order valence-electron chi connectivity index (χ4n) is 4.03. The summed E-state index contributed by atoms with van der Waals surface area (Å²) in [5.74, 6) is 1.35. The molecule has 1 aromatic carbocycles. The van der Waals surface area contributed by atoms with Gasteiger partial charge in [-0.3, -0.25) is 9.69 Å². The zero-order valence-electron chi connectivity index (χ0n) is 18.3. The third-order valence-electron chi connectivity index (χ3n) is 5.86. The van der Waals surface area contributed by atoms with E-state index in [-0.39, 0.29) is 5.91 Å². The van der Waals surface area contributed by atoms with Crippen molar-refractivity contribution in [1.82, 2.24) is 19.8 Å². The highest BCUT2D eigenvalue weighted by atomic mass is 35.5. The molecule has 0 N–H and O–H groups in total. The lowest BCUT2D eigenvalue weighted by atomic mass is 10.1. The number of piperidine rings is 1. The number of aromatic nitrogens is 2. The van der Waals surface area contributed by atoms with Gasteiger partial charge in [0.05, 0.1) is 5.75 Å². The molecule has 0 unspecified atom stereocenters. The maximum atomic E-state index is 12.7. The molecule has 0 saturated carbocycles. The van der Waals surface area contributed by atoms with Crippen LogP contribution in [0.2, 0.25) is 5.15 Å². The summed E-state index contributed by atoms with van der Waals surface area (Å²) >= 11 is 7.61. The first-order chi connectivity index (χ1) is 15.7. The van der Waals surface area contributed by atoms with Crippen LogP contribution in [0.5, 0.6) is 0 Å². The Hall–Kier alpha value is -2.09. The Balaban J connectivity index is 1.22. The van der Waals surface area contributed by atoms with E-state index in [4.69, 9.17) is 11.6 Å². The zero-order chi connectivity index (χ0) is 22.2. The van der Waals surface area contributed by atoms with Crippen LogP contribution in [-0.2, 0) is 4.79 Å². The van der Waals surface area contributed by atoms with Crippen molar-refractivity contribution in [2.75, 3.05) is 56.5 Å². The maximum Gasteiger partial charge on any atom is 0.233 e. The largest absolute Gasteiger partial charge is 0.356 e. The Labute approximate surface area is 199 Å². The van der Waals surface area contributed by atoms with Gasteiger partial charge in [0.25, 0.3) is 0 Å². The Morgan fingerprint density at radius 1 is 1.00 bits per heavy atom. The number of piperazine rings is 1. The van der Waals surface area contributed by atoms with Gasteiger partial charge in [-0.2, -0.15) is 0 Å². The second-order valence-electron chi connectivity index (χ2n) is 8.16. The number of carbonyl (C=O) groups is 1. The summed E-state index contributed by atoms with van der Waals surface area (Å²) in [5.41, 5.74) is 1.21. The molecule has 2 aliphatic rings. The number of benzene rings is 1. The number of thioether (sulfide) groups is 1. The first-order valence-corrected chi connectivity index (χ1v) is 12.7. The van der Waals surface area contributed by atoms with Gasteiger partial charge in [-0.1, -0.05) is 65.8 Å². The number of nitrogens with zero attached hydrogens (tertiary/aromatic N) is 5. The van der Waals surface area contributed by atoms with Crippen molar-refractivity contribution in [2.45, 2.75) is 24.4 Å². The van der Waals surface area contributed by atoms with Gasteiger partial charge in [0.2, 0.25) is 5.91 Å². The van der Waals surface area contributed by atoms with Crippen LogP contribution in [0.25, 0.3) is 6.08 Å². The van der Waals surface area contributed by atoms with Crippen molar-refractivity contribution < 1.29 is 4.79 Å². The summed E-state index contributed by atoms with van der Waals surface area (Å²) in [6, 6.07) is 12.1. The van der Waals surface area contributed by atoms with Crippen molar-refractivity contribution >= 4 is 41.2 Å². The third-order valence-corrected chi connectivity index (χ3v) is 6.89. The molecule has 0 spiro atoms. The van der Waals surface area contributed by atoms with Crippen molar-refractivity contribution in [3.8, 4) is 0 Å². The minimum Gasteiger partial charge on any atom is -0.356 e. The first-order valence-electron chi connectivity index (χ1n) is 11.3. The highest BCUT2D eigenvalue weighted by Crippen LogP contribution is 2.24. The van der Waals surface area contributed by atoms with E-state index in [0.29, 0.717) is 16.1 Å². The minimum atomic E-state index is 0.137. The smallest absolute Gasteiger partial charge is 0.233 e. The third kappa shape index (κ3) is 6.70. The van der Waals surface area contributed by atoms with Crippen LogP contribution < -0.4 is 4.90 Å². The van der Waals surface area contributed by atoms with Crippen LogP contribution in [0, 0.1) is 0 Å². The average Bonchev–Trinajstić information content (AvgIpc) is 2.84. The molecule has 2 aliphatic heterocycles. The number of halogens is 1. The fraction of sp³-hybridized carbons (Fsp3) is 0.458. The molecule has 0 bridgehead atoms. The topological polar surface area (TPSA) is 52.6 Å². The lowest BCUT2D eigenvalue weighted by Crippen LogP contribution is -2.49. The van der Waals surface area contributed by atoms with Crippen LogP contribution >= 0.6 is 23.4 Å². The van der Waals surface area contributed by atoms with E-state index < -0.39 is 0 Å². The van der Waals surface area contributed by atoms with E-state index in [1.165, 1.54) is 36.6 Å². The van der Waals surface area contributed by atoms with Crippen LogP contribution in [0.1, 0.15) is 24.8 Å². The zero-order valence-corrected chi connectivity index (χ0v) is 19.9. The van der Waals surface area contributed by atoms with E-state index in [1.54, 1.807) is 0 Å². The Morgan fingerprint density at radius 3 is 2.50 bits per heavy atom. The molecule has 0 aliphatic carbocycles. The highest BCUT2D eigenvalue weighted by Gasteiger charge is 2.21. The van der Waals surface area contributed by atoms with E-state index in [2.05, 4.69) is 44.1 Å². The molecular formula is C24H30ClN5OS. The summed E-state index contributed by atoms with van der Waals surface area (Å²) in [4.78, 5) is 28.3. The number of anilines is 1. The first kappa shape index (κ1) is 23.1. The average molecular weight is 472 g/mol. The van der Waals surface area contributed by atoms with E-state index in [1.807, 2.05) is 29.2 Å². The molecule has 3 heterocycles. The van der Waals surface area contributed by atoms with Crippen molar-refractivity contribution in [2.24, 2.45) is 0 Å². The summed E-state index contributed by atoms with van der Waals surface area (Å²) in [6.07, 6.45) is 7.96. The van der Waals surface area contributed by atoms with Gasteiger partial charge in [-0.15, -0.1) is 0 Å². The normalized spacial score (nSPS) is 17.8. The summed E-state index contributed by atoms with van der Waals surface area (Å²) in [7, 11) is 0. The van der Waals surface area contributed by atoms with Crippen molar-refractivity contribution in [3.63, 3.8) is 0 Å². The molecular weight excluding hydrogens is 442 g/mol. The van der Waals surface area contributed by atoms with E-state index in [0.717, 1.165) is 51.6 Å². The predicted octanol–water partition coefficient (Wildman–Crippen LogP) is 4.07. The molecule has 4 rings (SSSR count). The molecule has 170 valence electrons. The standard InChI is InChI=1S/C24H30ClN5OS/c25-21-18-22(29-12-5-2-6-13-29)27-24(26-21)32-19-23(31)30-16-14-28(15-17-30)11-7-10-20-8-3-1-4-9-20/h1,3-4,7-10,18H,2,5-6,11-17,19H2/b10-7+. The molecule has 32 heavy (non-hydrogen) atoms. The number of carbonyl (C=O) groups excluding carboxylic acids is 1. The fourth-order valence-corrected chi connectivity index (χ4v) is 5.02. The predicted molar refractivity (Wildman–Crippen MR) is 132 cm³/mol.